The first-order valence-corrected chi connectivity index (χ1v) is 22.6. The third-order valence-corrected chi connectivity index (χ3v) is 14.1. The summed E-state index contributed by atoms with van der Waals surface area (Å²) >= 11 is 0. The van der Waals surface area contributed by atoms with E-state index in [2.05, 4.69) is 241 Å². The zero-order valence-electron chi connectivity index (χ0n) is 35.5. The molecule has 0 saturated carbocycles. The zero-order chi connectivity index (χ0) is 42.6. The van der Waals surface area contributed by atoms with E-state index in [4.69, 9.17) is 0 Å². The molecule has 0 unspecified atom stereocenters. The first-order chi connectivity index (χ1) is 32.3. The number of nitrogens with zero attached hydrogens (tertiary/aromatic N) is 1. The van der Waals surface area contributed by atoms with Crippen LogP contribution < -0.4 is 0 Å². The van der Waals surface area contributed by atoms with Crippen LogP contribution in [0, 0.1) is 0 Å². The molecule has 0 spiro atoms. The largest absolute Gasteiger partial charge is 0.308 e. The van der Waals surface area contributed by atoms with Crippen LogP contribution in [0.3, 0.4) is 0 Å². The molecular formula is C64H39N. The van der Waals surface area contributed by atoms with Crippen LogP contribution in [-0.2, 0) is 0 Å². The third-order valence-electron chi connectivity index (χ3n) is 14.1. The van der Waals surface area contributed by atoms with Gasteiger partial charge in [-0.2, -0.15) is 0 Å². The average Bonchev–Trinajstić information content (AvgIpc) is 3.72. The standard InChI is InChI=1S/C64H39N/c1-2-19-43(20-3-1)59-49-24-10-11-25-50(49)60(53-35-32-46(39-56(53)59)45-31-30-40-16-4-5-21-44(40)38-45)61-51-26-12-14-28-54(51)64(55-29-15-13-27-52(55)61)65-57-36-33-41-17-6-8-22-47(41)62(57)63-48-23-9-7-18-42(48)34-37-58(63)65/h1-39H. The SMILES string of the molecule is c1ccc(-c2c3ccccc3c(-c3c4ccccc4c(-n4c5ccc6ccccc6c5c5c6ccccc6ccc54)c4ccccc34)c3ccc(-c4ccc5ccccc5c4)cc23)cc1. The lowest BCUT2D eigenvalue weighted by atomic mass is 9.82. The Balaban J connectivity index is 1.14. The lowest BCUT2D eigenvalue weighted by Gasteiger charge is -2.23. The van der Waals surface area contributed by atoms with Crippen molar-refractivity contribution in [3.8, 4) is 39.1 Å². The maximum Gasteiger partial charge on any atom is 0.0619 e. The summed E-state index contributed by atoms with van der Waals surface area (Å²) in [5, 5.41) is 20.0. The Bertz CT molecular complexity index is 4140. The van der Waals surface area contributed by atoms with E-state index in [1.54, 1.807) is 0 Å². The molecule has 0 atom stereocenters. The Labute approximate surface area is 375 Å². The highest BCUT2D eigenvalue weighted by atomic mass is 15.0. The van der Waals surface area contributed by atoms with E-state index in [-0.39, 0.29) is 0 Å². The summed E-state index contributed by atoms with van der Waals surface area (Å²) in [6.07, 6.45) is 0. The van der Waals surface area contributed by atoms with Gasteiger partial charge in [0, 0.05) is 21.5 Å². The number of aromatic nitrogens is 1. The fourth-order valence-electron chi connectivity index (χ4n) is 11.3. The van der Waals surface area contributed by atoms with Crippen LogP contribution in [0.2, 0.25) is 0 Å². The fourth-order valence-corrected chi connectivity index (χ4v) is 11.3. The molecule has 0 N–H and O–H groups in total. The van der Waals surface area contributed by atoms with Gasteiger partial charge in [0.15, 0.2) is 0 Å². The molecule has 0 radical (unpaired) electrons. The number of hydrogen-bond donors (Lipinski definition) is 0. The molecule has 0 aliphatic carbocycles. The van der Waals surface area contributed by atoms with Crippen molar-refractivity contribution in [1.29, 1.82) is 0 Å². The van der Waals surface area contributed by atoms with Crippen LogP contribution >= 0.6 is 0 Å². The van der Waals surface area contributed by atoms with E-state index in [9.17, 15) is 0 Å². The average molecular weight is 822 g/mol. The molecule has 1 nitrogen and oxygen atoms in total. The number of rotatable bonds is 4. The minimum atomic E-state index is 1.21. The summed E-state index contributed by atoms with van der Waals surface area (Å²) in [7, 11) is 0. The van der Waals surface area contributed by atoms with E-state index in [0.29, 0.717) is 0 Å². The maximum atomic E-state index is 2.57. The summed E-state index contributed by atoms with van der Waals surface area (Å²) in [6, 6.07) is 88.0. The monoisotopic (exact) mass is 821 g/mol. The van der Waals surface area contributed by atoms with Gasteiger partial charge in [-0.15, -0.1) is 0 Å². The van der Waals surface area contributed by atoms with Crippen molar-refractivity contribution in [2.45, 2.75) is 0 Å². The van der Waals surface area contributed by atoms with E-state index < -0.39 is 0 Å². The van der Waals surface area contributed by atoms with Crippen LogP contribution in [-0.4, -0.2) is 4.57 Å². The van der Waals surface area contributed by atoms with Gasteiger partial charge in [-0.05, 0) is 122 Å². The molecular weight excluding hydrogens is 783 g/mol. The van der Waals surface area contributed by atoms with E-state index >= 15 is 0 Å². The second kappa shape index (κ2) is 14.0. The topological polar surface area (TPSA) is 4.93 Å². The van der Waals surface area contributed by atoms with Gasteiger partial charge in [0.25, 0.3) is 0 Å². The molecule has 14 aromatic rings. The number of benzene rings is 13. The first-order valence-electron chi connectivity index (χ1n) is 22.6. The number of fused-ring (bicyclic) bond motifs is 12. The molecule has 0 aliphatic heterocycles. The fraction of sp³-hybridized carbons (Fsp3) is 0. The Morgan fingerprint density at radius 1 is 0.215 bits per heavy atom. The van der Waals surface area contributed by atoms with Gasteiger partial charge >= 0.3 is 0 Å². The predicted octanol–water partition coefficient (Wildman–Crippen LogP) is 17.9. The third kappa shape index (κ3) is 5.27. The van der Waals surface area contributed by atoms with Gasteiger partial charge in [0.05, 0.1) is 16.7 Å². The molecule has 14 rings (SSSR count). The van der Waals surface area contributed by atoms with Crippen LogP contribution in [0.1, 0.15) is 0 Å². The summed E-state index contributed by atoms with van der Waals surface area (Å²) < 4.78 is 2.57. The molecule has 0 bridgehead atoms. The lowest BCUT2D eigenvalue weighted by Crippen LogP contribution is -2.00. The van der Waals surface area contributed by atoms with Crippen molar-refractivity contribution >= 4 is 97.2 Å². The molecule has 0 saturated heterocycles. The smallest absolute Gasteiger partial charge is 0.0619 e. The summed E-state index contributed by atoms with van der Waals surface area (Å²) in [5.41, 5.74) is 11.0. The van der Waals surface area contributed by atoms with Crippen molar-refractivity contribution in [3.63, 3.8) is 0 Å². The van der Waals surface area contributed by atoms with Crippen LogP contribution in [0.4, 0.5) is 0 Å². The highest BCUT2D eigenvalue weighted by Crippen LogP contribution is 2.51. The molecule has 0 amide bonds. The maximum absolute atomic E-state index is 2.57. The Kier molecular flexibility index (Phi) is 7.75. The molecule has 0 aliphatic rings. The van der Waals surface area contributed by atoms with Gasteiger partial charge in [-0.1, -0.05) is 212 Å². The summed E-state index contributed by atoms with van der Waals surface area (Å²) in [4.78, 5) is 0. The highest BCUT2D eigenvalue weighted by Gasteiger charge is 2.25. The van der Waals surface area contributed by atoms with Crippen molar-refractivity contribution in [3.05, 3.63) is 237 Å². The van der Waals surface area contributed by atoms with Gasteiger partial charge in [-0.25, -0.2) is 0 Å². The summed E-state index contributed by atoms with van der Waals surface area (Å²) in [6.45, 7) is 0. The molecule has 300 valence electrons. The van der Waals surface area contributed by atoms with Crippen LogP contribution in [0.15, 0.2) is 237 Å². The molecule has 0 fully saturated rings. The van der Waals surface area contributed by atoms with Crippen molar-refractivity contribution in [2.75, 3.05) is 0 Å². The normalized spacial score (nSPS) is 12.0. The van der Waals surface area contributed by atoms with Crippen molar-refractivity contribution in [1.82, 2.24) is 4.57 Å². The molecule has 1 heterocycles. The van der Waals surface area contributed by atoms with Crippen LogP contribution in [0.5, 0.6) is 0 Å². The van der Waals surface area contributed by atoms with E-state index in [0.717, 1.165) is 0 Å². The lowest BCUT2D eigenvalue weighted by molar-refractivity contribution is 1.22. The Morgan fingerprint density at radius 2 is 0.615 bits per heavy atom. The van der Waals surface area contributed by atoms with Gasteiger partial charge < -0.3 is 4.57 Å². The molecule has 13 aromatic carbocycles. The van der Waals surface area contributed by atoms with Gasteiger partial charge in [0.1, 0.15) is 0 Å². The molecule has 1 aromatic heterocycles. The zero-order valence-corrected chi connectivity index (χ0v) is 35.5. The van der Waals surface area contributed by atoms with Crippen molar-refractivity contribution in [2.24, 2.45) is 0 Å². The molecule has 65 heavy (non-hydrogen) atoms. The molecule has 1 heteroatoms. The first kappa shape index (κ1) is 36.0. The quantitative estimate of drug-likeness (QED) is 0.156. The summed E-state index contributed by atoms with van der Waals surface area (Å²) in [5.74, 6) is 0. The Hall–Kier alpha value is -8.52. The predicted molar refractivity (Wildman–Crippen MR) is 280 cm³/mol. The highest BCUT2D eigenvalue weighted by molar-refractivity contribution is 6.32. The van der Waals surface area contributed by atoms with Crippen LogP contribution in [0.25, 0.3) is 136 Å². The number of hydrogen-bond acceptors (Lipinski definition) is 0. The van der Waals surface area contributed by atoms with E-state index in [1.165, 1.54) is 136 Å². The minimum Gasteiger partial charge on any atom is -0.308 e. The van der Waals surface area contributed by atoms with Crippen molar-refractivity contribution < 1.29 is 0 Å². The van der Waals surface area contributed by atoms with Gasteiger partial charge in [-0.3, -0.25) is 0 Å². The van der Waals surface area contributed by atoms with Gasteiger partial charge in [0.2, 0.25) is 0 Å². The second-order valence-corrected chi connectivity index (χ2v) is 17.5. The second-order valence-electron chi connectivity index (χ2n) is 17.5. The minimum absolute atomic E-state index is 1.21. The van der Waals surface area contributed by atoms with E-state index in [1.807, 2.05) is 0 Å². The Morgan fingerprint density at radius 3 is 1.20 bits per heavy atom.